The highest BCUT2D eigenvalue weighted by atomic mass is 19.1. The fraction of sp³-hybridized carbons (Fsp3) is 0.545. The Morgan fingerprint density at radius 3 is 3.20 bits per heavy atom. The molecule has 0 aliphatic carbocycles. The van der Waals surface area contributed by atoms with Crippen LogP contribution in [0.15, 0.2) is 6.20 Å². The molecule has 1 fully saturated rings. The quantitative estimate of drug-likeness (QED) is 0.493. The Balaban J connectivity index is 2.29. The van der Waals surface area contributed by atoms with E-state index in [1.165, 1.54) is 0 Å². The Bertz CT molecular complexity index is 486. The van der Waals surface area contributed by atoms with Crippen molar-refractivity contribution in [3.05, 3.63) is 12.0 Å². The van der Waals surface area contributed by atoms with Gasteiger partial charge in [0.25, 0.3) is 0 Å². The van der Waals surface area contributed by atoms with Crippen molar-refractivity contribution in [1.29, 1.82) is 0 Å². The first-order valence-electron chi connectivity index (χ1n) is 6.28. The second-order valence-electron chi connectivity index (χ2n) is 4.19. The first-order valence-corrected chi connectivity index (χ1v) is 6.28. The largest absolute Gasteiger partial charge is 0.377 e. The van der Waals surface area contributed by atoms with Crippen LogP contribution < -0.4 is 21.5 Å². The summed E-state index contributed by atoms with van der Waals surface area (Å²) < 4.78 is 19.2. The summed E-state index contributed by atoms with van der Waals surface area (Å²) in [6.45, 7) is 3.24. The lowest BCUT2D eigenvalue weighted by molar-refractivity contribution is -0.124. The molecule has 9 heteroatoms. The molecule has 0 bridgehead atoms. The number of hydrogen-bond acceptors (Lipinski definition) is 7. The summed E-state index contributed by atoms with van der Waals surface area (Å²) in [5.74, 6) is 4.50. The highest BCUT2D eigenvalue weighted by molar-refractivity contribution is 5.85. The molecule has 1 aliphatic rings. The van der Waals surface area contributed by atoms with Crippen molar-refractivity contribution in [2.45, 2.75) is 13.0 Å². The van der Waals surface area contributed by atoms with Crippen LogP contribution in [0.2, 0.25) is 0 Å². The fourth-order valence-corrected chi connectivity index (χ4v) is 2.00. The summed E-state index contributed by atoms with van der Waals surface area (Å²) in [7, 11) is 0. The Morgan fingerprint density at radius 2 is 2.50 bits per heavy atom. The summed E-state index contributed by atoms with van der Waals surface area (Å²) >= 11 is 0. The molecule has 4 N–H and O–H groups in total. The Morgan fingerprint density at radius 1 is 1.70 bits per heavy atom. The molecule has 2 rings (SSSR count). The molecule has 0 aromatic carbocycles. The lowest BCUT2D eigenvalue weighted by Crippen LogP contribution is -2.54. The van der Waals surface area contributed by atoms with E-state index in [4.69, 9.17) is 10.6 Å². The van der Waals surface area contributed by atoms with E-state index >= 15 is 0 Å². The molecule has 0 spiro atoms. The second-order valence-corrected chi connectivity index (χ2v) is 4.19. The minimum atomic E-state index is -0.626. The first kappa shape index (κ1) is 14.4. The number of carbonyl (C=O) groups is 1. The van der Waals surface area contributed by atoms with Gasteiger partial charge in [0.2, 0.25) is 11.9 Å². The summed E-state index contributed by atoms with van der Waals surface area (Å²) in [5, 5.41) is 2.70. The van der Waals surface area contributed by atoms with E-state index in [0.29, 0.717) is 19.7 Å². The van der Waals surface area contributed by atoms with Crippen LogP contribution in [0, 0.1) is 5.82 Å². The number of carbonyl (C=O) groups excluding carboxylic acids is 1. The molecule has 110 valence electrons. The van der Waals surface area contributed by atoms with E-state index in [9.17, 15) is 9.18 Å². The highest BCUT2D eigenvalue weighted by Gasteiger charge is 2.32. The monoisotopic (exact) mass is 284 g/mol. The van der Waals surface area contributed by atoms with E-state index < -0.39 is 11.9 Å². The zero-order valence-electron chi connectivity index (χ0n) is 11.1. The number of ether oxygens (including phenoxy) is 1. The zero-order chi connectivity index (χ0) is 14.5. The van der Waals surface area contributed by atoms with E-state index in [1.54, 1.807) is 4.90 Å². The number of hydrazine groups is 1. The van der Waals surface area contributed by atoms with Gasteiger partial charge in [0.05, 0.1) is 19.4 Å². The van der Waals surface area contributed by atoms with E-state index in [1.807, 2.05) is 6.92 Å². The third kappa shape index (κ3) is 2.94. The van der Waals surface area contributed by atoms with Gasteiger partial charge in [-0.15, -0.1) is 0 Å². The van der Waals surface area contributed by atoms with Crippen LogP contribution in [0.4, 0.5) is 16.2 Å². The SMILES string of the molecule is CCNC(=O)C1COCCN1c1nc(NN)ncc1F. The van der Waals surface area contributed by atoms with E-state index in [2.05, 4.69) is 20.7 Å². The van der Waals surface area contributed by atoms with Crippen molar-refractivity contribution in [2.75, 3.05) is 36.6 Å². The van der Waals surface area contributed by atoms with Crippen molar-refractivity contribution in [3.8, 4) is 0 Å². The number of anilines is 2. The van der Waals surface area contributed by atoms with Gasteiger partial charge in [-0.05, 0) is 6.92 Å². The van der Waals surface area contributed by atoms with Gasteiger partial charge in [-0.3, -0.25) is 10.2 Å². The van der Waals surface area contributed by atoms with Gasteiger partial charge in [-0.2, -0.15) is 4.98 Å². The predicted molar refractivity (Wildman–Crippen MR) is 70.4 cm³/mol. The van der Waals surface area contributed by atoms with Gasteiger partial charge in [0, 0.05) is 13.1 Å². The lowest BCUT2D eigenvalue weighted by atomic mass is 10.2. The third-order valence-electron chi connectivity index (χ3n) is 2.91. The van der Waals surface area contributed by atoms with Crippen LogP contribution in [-0.4, -0.2) is 48.2 Å². The normalized spacial score (nSPS) is 18.8. The molecule has 1 aromatic heterocycles. The molecule has 1 aliphatic heterocycles. The van der Waals surface area contributed by atoms with Gasteiger partial charge in [-0.1, -0.05) is 0 Å². The molecule has 20 heavy (non-hydrogen) atoms. The predicted octanol–water partition coefficient (Wildman–Crippen LogP) is -0.757. The van der Waals surface area contributed by atoms with E-state index in [-0.39, 0.29) is 24.3 Å². The maximum atomic E-state index is 13.9. The number of nitrogens with two attached hydrogens (primary N) is 1. The zero-order valence-corrected chi connectivity index (χ0v) is 11.1. The minimum absolute atomic E-state index is 0.0347. The van der Waals surface area contributed by atoms with E-state index in [0.717, 1.165) is 6.20 Å². The van der Waals surface area contributed by atoms with Crippen molar-refractivity contribution in [3.63, 3.8) is 0 Å². The molecular weight excluding hydrogens is 267 g/mol. The number of rotatable bonds is 4. The highest BCUT2D eigenvalue weighted by Crippen LogP contribution is 2.21. The number of morpholine rings is 1. The first-order chi connectivity index (χ1) is 9.67. The summed E-state index contributed by atoms with van der Waals surface area (Å²) in [4.78, 5) is 21.2. The van der Waals surface area contributed by atoms with Crippen LogP contribution in [0.1, 0.15) is 6.92 Å². The Hall–Kier alpha value is -2.00. The number of nitrogens with one attached hydrogen (secondary N) is 2. The standard InChI is InChI=1S/C11H17FN6O2/c1-2-14-10(19)8-6-20-4-3-18(8)9-7(12)5-15-11(16-9)17-13/h5,8H,2-4,6,13H2,1H3,(H,14,19)(H,15,16,17). The van der Waals surface area contributed by atoms with Crippen LogP contribution in [0.3, 0.4) is 0 Å². The lowest BCUT2D eigenvalue weighted by Gasteiger charge is -2.35. The number of amides is 1. The number of likely N-dealkylation sites (N-methyl/N-ethyl adjacent to an activating group) is 1. The maximum absolute atomic E-state index is 13.9. The second kappa shape index (κ2) is 6.44. The average molecular weight is 284 g/mol. The maximum Gasteiger partial charge on any atom is 0.245 e. The summed E-state index contributed by atoms with van der Waals surface area (Å²) in [6, 6.07) is -0.626. The van der Waals surface area contributed by atoms with Crippen molar-refractivity contribution < 1.29 is 13.9 Å². The average Bonchev–Trinajstić information content (AvgIpc) is 2.48. The van der Waals surface area contributed by atoms with Crippen molar-refractivity contribution >= 4 is 17.7 Å². The fourth-order valence-electron chi connectivity index (χ4n) is 2.00. The number of aromatic nitrogens is 2. The minimum Gasteiger partial charge on any atom is -0.377 e. The molecular formula is C11H17FN6O2. The van der Waals surface area contributed by atoms with Crippen molar-refractivity contribution in [1.82, 2.24) is 15.3 Å². The molecule has 0 radical (unpaired) electrons. The smallest absolute Gasteiger partial charge is 0.245 e. The molecule has 1 saturated heterocycles. The Labute approximate surface area is 115 Å². The molecule has 0 saturated carbocycles. The van der Waals surface area contributed by atoms with Crippen LogP contribution >= 0.6 is 0 Å². The van der Waals surface area contributed by atoms with Gasteiger partial charge in [0.15, 0.2) is 11.6 Å². The topological polar surface area (TPSA) is 105 Å². The molecule has 1 aromatic rings. The molecule has 1 unspecified atom stereocenters. The van der Waals surface area contributed by atoms with Crippen LogP contribution in [0.5, 0.6) is 0 Å². The third-order valence-corrected chi connectivity index (χ3v) is 2.91. The number of nitrogens with zero attached hydrogens (tertiary/aromatic N) is 3. The van der Waals surface area contributed by atoms with Gasteiger partial charge < -0.3 is 15.0 Å². The number of nitrogen functional groups attached to an aromatic ring is 1. The number of hydrogen-bond donors (Lipinski definition) is 3. The number of halogens is 1. The molecule has 1 atom stereocenters. The van der Waals surface area contributed by atoms with Crippen molar-refractivity contribution in [2.24, 2.45) is 5.84 Å². The van der Waals surface area contributed by atoms with Crippen LogP contribution in [-0.2, 0) is 9.53 Å². The van der Waals surface area contributed by atoms with Gasteiger partial charge in [0.1, 0.15) is 6.04 Å². The van der Waals surface area contributed by atoms with Gasteiger partial charge in [-0.25, -0.2) is 15.2 Å². The molecule has 2 heterocycles. The van der Waals surface area contributed by atoms with Gasteiger partial charge >= 0.3 is 0 Å². The molecule has 1 amide bonds. The molecule has 8 nitrogen and oxygen atoms in total. The Kier molecular flexibility index (Phi) is 4.64. The van der Waals surface area contributed by atoms with Crippen LogP contribution in [0.25, 0.3) is 0 Å². The summed E-state index contributed by atoms with van der Waals surface area (Å²) in [5.41, 5.74) is 2.26. The summed E-state index contributed by atoms with van der Waals surface area (Å²) in [6.07, 6.45) is 1.02.